The Kier molecular flexibility index (Phi) is 14.3. The van der Waals surface area contributed by atoms with Gasteiger partial charge in [-0.25, -0.2) is 0 Å². The molecule has 0 aromatic rings. The van der Waals surface area contributed by atoms with Crippen molar-refractivity contribution in [3.8, 4) is 0 Å². The summed E-state index contributed by atoms with van der Waals surface area (Å²) in [6.45, 7) is 7.06. The van der Waals surface area contributed by atoms with Crippen LogP contribution in [-0.2, 0) is 19.1 Å². The lowest BCUT2D eigenvalue weighted by molar-refractivity contribution is -0.143. The van der Waals surface area contributed by atoms with Gasteiger partial charge >= 0.3 is 5.97 Å². The molecule has 1 unspecified atom stereocenters. The number of rotatable bonds is 17. The highest BCUT2D eigenvalue weighted by molar-refractivity contribution is 5.84. The summed E-state index contributed by atoms with van der Waals surface area (Å²) in [5.41, 5.74) is 0. The first kappa shape index (κ1) is 26.1. The van der Waals surface area contributed by atoms with Gasteiger partial charge in [-0.3, -0.25) is 9.59 Å². The molecule has 0 aromatic heterocycles. The highest BCUT2D eigenvalue weighted by atomic mass is 16.5. The van der Waals surface area contributed by atoms with Gasteiger partial charge in [0.2, 0.25) is 0 Å². The van der Waals surface area contributed by atoms with Gasteiger partial charge in [0.05, 0.1) is 18.8 Å². The van der Waals surface area contributed by atoms with Gasteiger partial charge in [-0.15, -0.1) is 0 Å². The van der Waals surface area contributed by atoms with Crippen molar-refractivity contribution in [2.24, 2.45) is 11.8 Å². The Balaban J connectivity index is 2.38. The van der Waals surface area contributed by atoms with Crippen LogP contribution >= 0.6 is 0 Å². The van der Waals surface area contributed by atoms with E-state index in [4.69, 9.17) is 9.47 Å². The van der Waals surface area contributed by atoms with E-state index in [0.717, 1.165) is 70.6 Å². The van der Waals surface area contributed by atoms with Gasteiger partial charge in [-0.2, -0.15) is 0 Å². The molecule has 4 atom stereocenters. The first-order chi connectivity index (χ1) is 14.0. The van der Waals surface area contributed by atoms with Crippen molar-refractivity contribution in [1.82, 2.24) is 0 Å². The van der Waals surface area contributed by atoms with E-state index in [1.165, 1.54) is 0 Å². The second kappa shape index (κ2) is 15.8. The van der Waals surface area contributed by atoms with Crippen LogP contribution in [0.2, 0.25) is 0 Å². The van der Waals surface area contributed by atoms with Crippen LogP contribution in [-0.4, -0.2) is 42.3 Å². The predicted molar refractivity (Wildman–Crippen MR) is 116 cm³/mol. The van der Waals surface area contributed by atoms with Crippen LogP contribution < -0.4 is 0 Å². The van der Waals surface area contributed by atoms with Crippen molar-refractivity contribution < 1.29 is 24.2 Å². The van der Waals surface area contributed by atoms with Crippen LogP contribution in [0.5, 0.6) is 0 Å². The van der Waals surface area contributed by atoms with Crippen molar-refractivity contribution in [3.63, 3.8) is 0 Å². The third kappa shape index (κ3) is 10.6. The van der Waals surface area contributed by atoms with Crippen LogP contribution in [0.15, 0.2) is 0 Å². The smallest absolute Gasteiger partial charge is 0.305 e. The summed E-state index contributed by atoms with van der Waals surface area (Å²) >= 11 is 0. The molecule has 1 aliphatic rings. The average molecular weight is 413 g/mol. The third-order valence-electron chi connectivity index (χ3n) is 6.11. The molecule has 1 rings (SSSR count). The van der Waals surface area contributed by atoms with Gasteiger partial charge in [0, 0.05) is 25.4 Å². The minimum absolute atomic E-state index is 0.0501. The number of hydrogen-bond acceptors (Lipinski definition) is 5. The molecule has 1 fully saturated rings. The summed E-state index contributed by atoms with van der Waals surface area (Å²) in [6, 6.07) is 0. The molecule has 5 heteroatoms. The zero-order valence-electron chi connectivity index (χ0n) is 19.0. The average Bonchev–Trinajstić information content (AvgIpc) is 2.98. The predicted octanol–water partition coefficient (Wildman–Crippen LogP) is 5.22. The van der Waals surface area contributed by atoms with Crippen LogP contribution in [0.3, 0.4) is 0 Å². The number of esters is 1. The lowest BCUT2D eigenvalue weighted by Gasteiger charge is -2.24. The van der Waals surface area contributed by atoms with Gasteiger partial charge in [0.15, 0.2) is 0 Å². The monoisotopic (exact) mass is 412 g/mol. The van der Waals surface area contributed by atoms with E-state index in [0.29, 0.717) is 37.8 Å². The molecule has 0 amide bonds. The minimum Gasteiger partial charge on any atom is -0.466 e. The molecule has 0 aliphatic heterocycles. The largest absolute Gasteiger partial charge is 0.466 e. The maximum absolute atomic E-state index is 12.6. The molecule has 0 radical (unpaired) electrons. The van der Waals surface area contributed by atoms with Crippen molar-refractivity contribution in [2.75, 3.05) is 13.2 Å². The van der Waals surface area contributed by atoms with E-state index in [1.54, 1.807) is 0 Å². The fourth-order valence-corrected chi connectivity index (χ4v) is 4.55. The van der Waals surface area contributed by atoms with Gasteiger partial charge in [-0.05, 0) is 51.9 Å². The molecule has 1 N–H and O–H groups in total. The van der Waals surface area contributed by atoms with Crippen LogP contribution in [0.25, 0.3) is 0 Å². The van der Waals surface area contributed by atoms with Crippen molar-refractivity contribution >= 4 is 11.8 Å². The normalized spacial score (nSPS) is 22.8. The zero-order chi connectivity index (χ0) is 21.5. The fourth-order valence-electron chi connectivity index (χ4n) is 4.55. The van der Waals surface area contributed by atoms with Crippen molar-refractivity contribution in [2.45, 2.75) is 116 Å². The molecule has 0 spiro atoms. The number of Topliss-reactive ketones (excluding diaryl/α,β-unsaturated/α-hetero) is 1. The summed E-state index contributed by atoms with van der Waals surface area (Å²) in [6.07, 6.45) is 11.5. The van der Waals surface area contributed by atoms with Crippen molar-refractivity contribution in [3.05, 3.63) is 0 Å². The van der Waals surface area contributed by atoms with Gasteiger partial charge < -0.3 is 14.6 Å². The summed E-state index contributed by atoms with van der Waals surface area (Å²) in [5.74, 6) is 0.635. The fraction of sp³-hybridized carbons (Fsp3) is 0.917. The van der Waals surface area contributed by atoms with Crippen molar-refractivity contribution in [1.29, 1.82) is 0 Å². The number of ether oxygens (including phenoxy) is 2. The maximum Gasteiger partial charge on any atom is 0.305 e. The van der Waals surface area contributed by atoms with Crippen LogP contribution in [0.1, 0.15) is 104 Å². The number of aliphatic hydroxyl groups is 1. The Morgan fingerprint density at radius 2 is 1.72 bits per heavy atom. The van der Waals surface area contributed by atoms with Crippen LogP contribution in [0.4, 0.5) is 0 Å². The summed E-state index contributed by atoms with van der Waals surface area (Å²) in [5, 5.41) is 10.1. The highest BCUT2D eigenvalue weighted by Crippen LogP contribution is 2.38. The van der Waals surface area contributed by atoms with E-state index in [2.05, 4.69) is 6.92 Å². The second-order valence-electron chi connectivity index (χ2n) is 8.42. The molecular weight excluding hydrogens is 368 g/mol. The maximum atomic E-state index is 12.6. The van der Waals surface area contributed by atoms with E-state index in [1.807, 2.05) is 13.8 Å². The Labute approximate surface area is 177 Å². The molecule has 170 valence electrons. The quantitative estimate of drug-likeness (QED) is 0.262. The molecule has 5 nitrogen and oxygen atoms in total. The van der Waals surface area contributed by atoms with Crippen LogP contribution in [0, 0.1) is 11.8 Å². The number of unbranched alkanes of at least 4 members (excludes halogenated alkanes) is 4. The second-order valence-corrected chi connectivity index (χ2v) is 8.42. The molecule has 29 heavy (non-hydrogen) atoms. The Bertz CT molecular complexity index is 451. The summed E-state index contributed by atoms with van der Waals surface area (Å²) in [4.78, 5) is 24.0. The summed E-state index contributed by atoms with van der Waals surface area (Å²) < 4.78 is 10.9. The Morgan fingerprint density at radius 1 is 1.00 bits per heavy atom. The molecule has 0 heterocycles. The number of carbonyl (C=O) groups excluding carboxylic acids is 2. The Hall–Kier alpha value is -0.940. The van der Waals surface area contributed by atoms with Gasteiger partial charge in [0.25, 0.3) is 0 Å². The number of aliphatic hydroxyl groups excluding tert-OH is 1. The molecule has 1 saturated carbocycles. The molecule has 0 aromatic carbocycles. The van der Waals surface area contributed by atoms with Gasteiger partial charge in [-0.1, -0.05) is 45.4 Å². The van der Waals surface area contributed by atoms with E-state index in [-0.39, 0.29) is 24.1 Å². The first-order valence-electron chi connectivity index (χ1n) is 12.0. The Morgan fingerprint density at radius 3 is 2.41 bits per heavy atom. The van der Waals surface area contributed by atoms with E-state index in [9.17, 15) is 14.7 Å². The summed E-state index contributed by atoms with van der Waals surface area (Å²) in [7, 11) is 0. The lowest BCUT2D eigenvalue weighted by Crippen LogP contribution is -2.24. The SMILES string of the molecule is CCCCC(O)CCC[C@H]1[C@H](OCC)CC(=O)[C@@H]1CCCCCCC(=O)OCC. The molecule has 0 saturated heterocycles. The molecular formula is C24H44O5. The first-order valence-corrected chi connectivity index (χ1v) is 12.0. The topological polar surface area (TPSA) is 72.8 Å². The molecule has 1 aliphatic carbocycles. The molecule has 0 bridgehead atoms. The van der Waals surface area contributed by atoms with E-state index >= 15 is 0 Å². The minimum atomic E-state index is -0.213. The number of ketones is 1. The number of carbonyl (C=O) groups is 2. The van der Waals surface area contributed by atoms with Gasteiger partial charge in [0.1, 0.15) is 5.78 Å². The van der Waals surface area contributed by atoms with E-state index < -0.39 is 0 Å². The highest BCUT2D eigenvalue weighted by Gasteiger charge is 2.41. The lowest BCUT2D eigenvalue weighted by atomic mass is 9.85. The zero-order valence-corrected chi connectivity index (χ0v) is 19.0. The standard InChI is InChI=1S/C24H44O5/c1-4-7-13-19(25)14-12-16-21-20(22(26)18-23(21)28-5-2)15-10-8-9-11-17-24(27)29-6-3/h19-21,23,25H,4-18H2,1-3H3/t19?,20-,21-,23-/m1/s1. The third-order valence-corrected chi connectivity index (χ3v) is 6.11. The number of hydrogen-bond donors (Lipinski definition) is 1.